The molecule has 0 aliphatic rings. The molecule has 20 heavy (non-hydrogen) atoms. The SMILES string of the molecule is CCCn1ccc(=O)n(CC(=O)c2ccc(C)s2)c1=O. The molecule has 0 saturated carbocycles. The molecule has 2 rings (SSSR count). The zero-order chi connectivity index (χ0) is 14.7. The molecular weight excluding hydrogens is 276 g/mol. The van der Waals surface area contributed by atoms with Gasteiger partial charge in [0.2, 0.25) is 0 Å². The molecule has 0 N–H and O–H groups in total. The van der Waals surface area contributed by atoms with Gasteiger partial charge in [-0.1, -0.05) is 6.92 Å². The summed E-state index contributed by atoms with van der Waals surface area (Å²) in [4.78, 5) is 37.6. The van der Waals surface area contributed by atoms with Gasteiger partial charge >= 0.3 is 5.69 Å². The van der Waals surface area contributed by atoms with Crippen molar-refractivity contribution in [2.45, 2.75) is 33.4 Å². The number of hydrogen-bond acceptors (Lipinski definition) is 4. The summed E-state index contributed by atoms with van der Waals surface area (Å²) in [6.45, 7) is 4.18. The van der Waals surface area contributed by atoms with Gasteiger partial charge in [-0.15, -0.1) is 11.3 Å². The Morgan fingerprint density at radius 3 is 2.60 bits per heavy atom. The third kappa shape index (κ3) is 2.96. The van der Waals surface area contributed by atoms with Crippen molar-refractivity contribution >= 4 is 17.1 Å². The van der Waals surface area contributed by atoms with Crippen LogP contribution in [0, 0.1) is 6.92 Å². The van der Waals surface area contributed by atoms with E-state index in [1.807, 2.05) is 19.9 Å². The lowest BCUT2D eigenvalue weighted by atomic mass is 10.3. The summed E-state index contributed by atoms with van der Waals surface area (Å²) in [5, 5.41) is 0. The second kappa shape index (κ2) is 6.00. The highest BCUT2D eigenvalue weighted by atomic mass is 32.1. The molecule has 0 bridgehead atoms. The summed E-state index contributed by atoms with van der Waals surface area (Å²) in [6.07, 6.45) is 2.26. The molecule has 106 valence electrons. The Balaban J connectivity index is 2.34. The normalized spacial score (nSPS) is 10.7. The van der Waals surface area contributed by atoms with E-state index in [0.29, 0.717) is 11.4 Å². The maximum atomic E-state index is 12.1. The third-order valence-corrected chi connectivity index (χ3v) is 3.96. The number of aryl methyl sites for hydroxylation is 2. The lowest BCUT2D eigenvalue weighted by molar-refractivity contribution is 0.0972. The molecule has 0 fully saturated rings. The van der Waals surface area contributed by atoms with Crippen molar-refractivity contribution in [3.63, 3.8) is 0 Å². The summed E-state index contributed by atoms with van der Waals surface area (Å²) < 4.78 is 2.45. The van der Waals surface area contributed by atoms with Gasteiger partial charge in [0.25, 0.3) is 5.56 Å². The van der Waals surface area contributed by atoms with Crippen LogP contribution in [0.1, 0.15) is 27.9 Å². The molecule has 0 unspecified atom stereocenters. The minimum absolute atomic E-state index is 0.206. The zero-order valence-corrected chi connectivity index (χ0v) is 12.3. The lowest BCUT2D eigenvalue weighted by Crippen LogP contribution is -2.40. The lowest BCUT2D eigenvalue weighted by Gasteiger charge is -2.07. The highest BCUT2D eigenvalue weighted by Gasteiger charge is 2.13. The maximum Gasteiger partial charge on any atom is 0.331 e. The Morgan fingerprint density at radius 2 is 2.00 bits per heavy atom. The van der Waals surface area contributed by atoms with Gasteiger partial charge in [0, 0.05) is 23.7 Å². The fourth-order valence-corrected chi connectivity index (χ4v) is 2.72. The van der Waals surface area contributed by atoms with Crippen LogP contribution in [0.5, 0.6) is 0 Å². The van der Waals surface area contributed by atoms with Crippen LogP contribution in [-0.4, -0.2) is 14.9 Å². The van der Waals surface area contributed by atoms with Crippen LogP contribution in [0.4, 0.5) is 0 Å². The van der Waals surface area contributed by atoms with E-state index in [1.54, 1.807) is 6.07 Å². The van der Waals surface area contributed by atoms with Gasteiger partial charge in [-0.05, 0) is 25.5 Å². The molecular formula is C14H16N2O3S. The van der Waals surface area contributed by atoms with Gasteiger partial charge in [0.15, 0.2) is 5.78 Å². The first-order valence-electron chi connectivity index (χ1n) is 6.43. The van der Waals surface area contributed by atoms with E-state index < -0.39 is 11.2 Å². The van der Waals surface area contributed by atoms with E-state index in [4.69, 9.17) is 0 Å². The van der Waals surface area contributed by atoms with Crippen molar-refractivity contribution < 1.29 is 4.79 Å². The predicted octanol–water partition coefficient (Wildman–Crippen LogP) is 1.67. The second-order valence-electron chi connectivity index (χ2n) is 4.55. The largest absolute Gasteiger partial charge is 0.331 e. The van der Waals surface area contributed by atoms with Gasteiger partial charge in [-0.3, -0.25) is 14.2 Å². The molecule has 2 heterocycles. The van der Waals surface area contributed by atoms with E-state index in [0.717, 1.165) is 15.9 Å². The highest BCUT2D eigenvalue weighted by Crippen LogP contribution is 2.15. The number of hydrogen-bond donors (Lipinski definition) is 0. The predicted molar refractivity (Wildman–Crippen MR) is 78.6 cm³/mol. The minimum Gasteiger partial charge on any atom is -0.300 e. The zero-order valence-electron chi connectivity index (χ0n) is 11.5. The van der Waals surface area contributed by atoms with Gasteiger partial charge in [0.1, 0.15) is 0 Å². The van der Waals surface area contributed by atoms with Crippen LogP contribution in [0.3, 0.4) is 0 Å². The van der Waals surface area contributed by atoms with Gasteiger partial charge in [-0.25, -0.2) is 4.79 Å². The Kier molecular flexibility index (Phi) is 4.34. The van der Waals surface area contributed by atoms with Crippen molar-refractivity contribution in [3.05, 3.63) is 55.0 Å². The highest BCUT2D eigenvalue weighted by molar-refractivity contribution is 7.14. The van der Waals surface area contributed by atoms with E-state index >= 15 is 0 Å². The Bertz CT molecular complexity index is 739. The molecule has 0 aliphatic heterocycles. The first-order chi connectivity index (χ1) is 9.52. The molecule has 5 nitrogen and oxygen atoms in total. The van der Waals surface area contributed by atoms with E-state index in [9.17, 15) is 14.4 Å². The van der Waals surface area contributed by atoms with Crippen LogP contribution < -0.4 is 11.2 Å². The molecule has 6 heteroatoms. The number of thiophene rings is 1. The number of rotatable bonds is 5. The van der Waals surface area contributed by atoms with Gasteiger partial charge in [-0.2, -0.15) is 0 Å². The maximum absolute atomic E-state index is 12.1. The molecule has 0 spiro atoms. The fraction of sp³-hybridized carbons (Fsp3) is 0.357. The number of nitrogens with zero attached hydrogens (tertiary/aromatic N) is 2. The molecule has 0 aliphatic carbocycles. The van der Waals surface area contributed by atoms with E-state index in [-0.39, 0.29) is 12.3 Å². The summed E-state index contributed by atoms with van der Waals surface area (Å²) in [5.74, 6) is -0.212. The number of ketones is 1. The molecule has 0 aromatic carbocycles. The molecule has 0 radical (unpaired) electrons. The Hall–Kier alpha value is -1.95. The van der Waals surface area contributed by atoms with Gasteiger partial charge < -0.3 is 4.57 Å². The Labute approximate surface area is 120 Å². The van der Waals surface area contributed by atoms with Crippen LogP contribution in [0.25, 0.3) is 0 Å². The molecule has 0 saturated heterocycles. The van der Waals surface area contributed by atoms with E-state index in [2.05, 4.69) is 0 Å². The first-order valence-corrected chi connectivity index (χ1v) is 7.24. The standard InChI is InChI=1S/C14H16N2O3S/c1-3-7-15-8-6-13(18)16(14(15)19)9-11(17)12-5-4-10(2)20-12/h4-6,8H,3,7,9H2,1-2H3. The summed E-state index contributed by atoms with van der Waals surface area (Å²) in [7, 11) is 0. The van der Waals surface area contributed by atoms with Gasteiger partial charge in [0.05, 0.1) is 11.4 Å². The van der Waals surface area contributed by atoms with E-state index in [1.165, 1.54) is 28.2 Å². The second-order valence-corrected chi connectivity index (χ2v) is 5.84. The molecule has 2 aromatic rings. The number of Topliss-reactive ketones (excluding diaryl/α,β-unsaturated/α-hetero) is 1. The van der Waals surface area contributed by atoms with Crippen LogP contribution in [0.2, 0.25) is 0 Å². The summed E-state index contributed by atoms with van der Waals surface area (Å²) >= 11 is 1.37. The number of carbonyl (C=O) groups is 1. The molecule has 0 amide bonds. The minimum atomic E-state index is -0.441. The Morgan fingerprint density at radius 1 is 1.25 bits per heavy atom. The van der Waals surface area contributed by atoms with Crippen molar-refractivity contribution in [3.8, 4) is 0 Å². The quantitative estimate of drug-likeness (QED) is 0.788. The first kappa shape index (κ1) is 14.5. The van der Waals surface area contributed by atoms with Crippen molar-refractivity contribution in [1.82, 2.24) is 9.13 Å². The summed E-state index contributed by atoms with van der Waals surface area (Å²) in [6, 6.07) is 4.89. The fourth-order valence-electron chi connectivity index (χ4n) is 1.92. The van der Waals surface area contributed by atoms with Crippen molar-refractivity contribution in [1.29, 1.82) is 0 Å². The van der Waals surface area contributed by atoms with Crippen molar-refractivity contribution in [2.24, 2.45) is 0 Å². The molecule has 0 atom stereocenters. The van der Waals surface area contributed by atoms with Crippen LogP contribution in [0.15, 0.2) is 34.0 Å². The summed E-state index contributed by atoms with van der Waals surface area (Å²) in [5.41, 5.74) is -0.870. The average molecular weight is 292 g/mol. The smallest absolute Gasteiger partial charge is 0.300 e. The monoisotopic (exact) mass is 292 g/mol. The average Bonchev–Trinajstić information content (AvgIpc) is 2.84. The third-order valence-electron chi connectivity index (χ3n) is 2.92. The van der Waals surface area contributed by atoms with Crippen LogP contribution >= 0.6 is 11.3 Å². The molecule has 2 aromatic heterocycles. The van der Waals surface area contributed by atoms with Crippen molar-refractivity contribution in [2.75, 3.05) is 0 Å². The topological polar surface area (TPSA) is 61.1 Å². The number of carbonyl (C=O) groups excluding carboxylic acids is 1. The van der Waals surface area contributed by atoms with Crippen LogP contribution in [-0.2, 0) is 13.1 Å². The number of aromatic nitrogens is 2.